The number of benzene rings is 1. The molecule has 0 bridgehead atoms. The zero-order valence-corrected chi connectivity index (χ0v) is 19.2. The van der Waals surface area contributed by atoms with Crippen LogP contribution in [0.3, 0.4) is 0 Å². The molecule has 0 saturated carbocycles. The number of nitrogens with zero attached hydrogens (tertiary/aromatic N) is 6. The maximum Gasteiger partial charge on any atom is 0.219 e. The van der Waals surface area contributed by atoms with E-state index in [1.807, 2.05) is 34.2 Å². The van der Waals surface area contributed by atoms with Gasteiger partial charge >= 0.3 is 0 Å². The van der Waals surface area contributed by atoms with Gasteiger partial charge in [0.05, 0.1) is 11.7 Å². The van der Waals surface area contributed by atoms with Gasteiger partial charge in [-0.15, -0.1) is 0 Å². The van der Waals surface area contributed by atoms with Crippen molar-refractivity contribution in [2.24, 2.45) is 5.92 Å². The van der Waals surface area contributed by atoms with E-state index in [0.29, 0.717) is 23.9 Å². The SMILES string of the molecule is CC(=N)/C=C\c1n[nH]c(Cc2ccc3ncc(-c4cnn(CC5CN(C(C)=O)C5)c4)cc3c2)n1. The van der Waals surface area contributed by atoms with E-state index >= 15 is 0 Å². The first kappa shape index (κ1) is 21.7. The average molecular weight is 455 g/mol. The van der Waals surface area contributed by atoms with Gasteiger partial charge in [-0.1, -0.05) is 6.07 Å². The van der Waals surface area contributed by atoms with Crippen LogP contribution in [0.1, 0.15) is 31.1 Å². The molecule has 0 atom stereocenters. The summed E-state index contributed by atoms with van der Waals surface area (Å²) in [6.07, 6.45) is 9.82. The Kier molecular flexibility index (Phi) is 5.75. The number of pyridine rings is 1. The normalized spacial score (nSPS) is 14.1. The molecular weight excluding hydrogens is 428 g/mol. The molecule has 1 fully saturated rings. The Labute approximate surface area is 197 Å². The van der Waals surface area contributed by atoms with E-state index in [9.17, 15) is 4.79 Å². The molecule has 172 valence electrons. The molecule has 0 radical (unpaired) electrons. The van der Waals surface area contributed by atoms with E-state index in [4.69, 9.17) is 5.41 Å². The van der Waals surface area contributed by atoms with Gasteiger partial charge in [-0.3, -0.25) is 19.6 Å². The highest BCUT2D eigenvalue weighted by molar-refractivity contribution is 5.93. The molecule has 1 aliphatic rings. The molecule has 1 amide bonds. The van der Waals surface area contributed by atoms with Gasteiger partial charge in [-0.2, -0.15) is 10.2 Å². The summed E-state index contributed by atoms with van der Waals surface area (Å²) in [5.41, 5.74) is 4.54. The molecule has 4 aromatic rings. The molecule has 1 aromatic carbocycles. The zero-order valence-electron chi connectivity index (χ0n) is 19.2. The maximum absolute atomic E-state index is 11.4. The highest BCUT2D eigenvalue weighted by atomic mass is 16.2. The van der Waals surface area contributed by atoms with Gasteiger partial charge in [0.2, 0.25) is 5.91 Å². The number of H-pyrrole nitrogens is 1. The van der Waals surface area contributed by atoms with Crippen LogP contribution in [0.15, 0.2) is 48.9 Å². The van der Waals surface area contributed by atoms with Crippen LogP contribution in [0.25, 0.3) is 28.1 Å². The minimum atomic E-state index is 0.137. The summed E-state index contributed by atoms with van der Waals surface area (Å²) < 4.78 is 1.95. The summed E-state index contributed by atoms with van der Waals surface area (Å²) >= 11 is 0. The van der Waals surface area contributed by atoms with Gasteiger partial charge in [-0.05, 0) is 42.8 Å². The smallest absolute Gasteiger partial charge is 0.219 e. The fourth-order valence-corrected chi connectivity index (χ4v) is 4.12. The molecule has 9 nitrogen and oxygen atoms in total. The lowest BCUT2D eigenvalue weighted by Crippen LogP contribution is -2.50. The predicted octanol–water partition coefficient (Wildman–Crippen LogP) is 3.34. The van der Waals surface area contributed by atoms with Gasteiger partial charge in [0.1, 0.15) is 5.82 Å². The minimum Gasteiger partial charge on any atom is -0.342 e. The van der Waals surface area contributed by atoms with Crippen molar-refractivity contribution in [2.75, 3.05) is 13.1 Å². The maximum atomic E-state index is 11.4. The molecule has 0 aliphatic carbocycles. The Balaban J connectivity index is 1.29. The van der Waals surface area contributed by atoms with Gasteiger partial charge in [0, 0.05) is 73.5 Å². The van der Waals surface area contributed by atoms with E-state index < -0.39 is 0 Å². The van der Waals surface area contributed by atoms with E-state index in [-0.39, 0.29) is 5.91 Å². The average Bonchev–Trinajstić information content (AvgIpc) is 3.43. The second-order valence-corrected chi connectivity index (χ2v) is 8.83. The topological polar surface area (TPSA) is 116 Å². The fourth-order valence-electron chi connectivity index (χ4n) is 4.12. The van der Waals surface area contributed by atoms with E-state index in [1.165, 1.54) is 0 Å². The lowest BCUT2D eigenvalue weighted by Gasteiger charge is -2.38. The van der Waals surface area contributed by atoms with Crippen LogP contribution in [0, 0.1) is 11.3 Å². The number of aromatic amines is 1. The minimum absolute atomic E-state index is 0.137. The molecule has 34 heavy (non-hydrogen) atoms. The number of likely N-dealkylation sites (tertiary alicyclic amines) is 1. The van der Waals surface area contributed by atoms with Gasteiger partial charge in [0.25, 0.3) is 0 Å². The first-order valence-electron chi connectivity index (χ1n) is 11.2. The van der Waals surface area contributed by atoms with Crippen molar-refractivity contribution in [3.8, 4) is 11.1 Å². The summed E-state index contributed by atoms with van der Waals surface area (Å²) in [7, 11) is 0. The summed E-state index contributed by atoms with van der Waals surface area (Å²) in [6.45, 7) is 5.74. The fraction of sp³-hybridized carbons (Fsp3) is 0.280. The van der Waals surface area contributed by atoms with Crippen molar-refractivity contribution in [1.29, 1.82) is 5.41 Å². The van der Waals surface area contributed by atoms with Crippen LogP contribution in [-0.4, -0.2) is 59.6 Å². The zero-order chi connectivity index (χ0) is 23.7. The van der Waals surface area contributed by atoms with Crippen molar-refractivity contribution in [1.82, 2.24) is 34.8 Å². The molecular formula is C25H26N8O. The third-order valence-corrected chi connectivity index (χ3v) is 5.96. The number of aromatic nitrogens is 6. The number of rotatable bonds is 7. The van der Waals surface area contributed by atoms with Crippen molar-refractivity contribution in [3.05, 3.63) is 66.1 Å². The highest BCUT2D eigenvalue weighted by Crippen LogP contribution is 2.25. The number of amides is 1. The third kappa shape index (κ3) is 4.78. The van der Waals surface area contributed by atoms with E-state index in [2.05, 4.69) is 43.5 Å². The number of hydrogen-bond acceptors (Lipinski definition) is 6. The van der Waals surface area contributed by atoms with Crippen molar-refractivity contribution >= 4 is 28.6 Å². The quantitative estimate of drug-likeness (QED) is 0.416. The molecule has 1 saturated heterocycles. The number of nitrogens with one attached hydrogen (secondary N) is 2. The predicted molar refractivity (Wildman–Crippen MR) is 130 cm³/mol. The lowest BCUT2D eigenvalue weighted by atomic mass is 10.0. The first-order valence-corrected chi connectivity index (χ1v) is 11.2. The van der Waals surface area contributed by atoms with E-state index in [1.54, 1.807) is 26.0 Å². The standard InChI is InChI=1S/C25H26N8O/c1-16(26)3-6-24-29-25(31-30-24)8-18-4-5-23-20(7-18)9-21(10-27-23)22-11-28-33(15-22)14-19-12-32(13-19)17(2)34/h3-7,9-11,15,19,26H,8,12-14H2,1-2H3,(H,29,30,31)/b6-3-,26-16?. The summed E-state index contributed by atoms with van der Waals surface area (Å²) in [4.78, 5) is 22.3. The number of allylic oxidation sites excluding steroid dienone is 1. The number of hydrogen-bond donors (Lipinski definition) is 2. The Morgan fingerprint density at radius 1 is 1.21 bits per heavy atom. The molecule has 3 aromatic heterocycles. The second-order valence-electron chi connectivity index (χ2n) is 8.83. The molecule has 0 unspecified atom stereocenters. The van der Waals surface area contributed by atoms with Crippen LogP contribution in [0.4, 0.5) is 0 Å². The van der Waals surface area contributed by atoms with Crippen molar-refractivity contribution in [2.45, 2.75) is 26.8 Å². The Morgan fingerprint density at radius 3 is 2.85 bits per heavy atom. The number of carbonyl (C=O) groups is 1. The summed E-state index contributed by atoms with van der Waals surface area (Å²) in [5, 5.41) is 20.2. The lowest BCUT2D eigenvalue weighted by molar-refractivity contribution is -0.135. The molecule has 4 heterocycles. The van der Waals surface area contributed by atoms with Crippen LogP contribution in [0.2, 0.25) is 0 Å². The molecule has 0 spiro atoms. The van der Waals surface area contributed by atoms with Crippen LogP contribution < -0.4 is 0 Å². The molecule has 5 rings (SSSR count). The first-order chi connectivity index (χ1) is 16.4. The monoisotopic (exact) mass is 454 g/mol. The summed E-state index contributed by atoms with van der Waals surface area (Å²) in [6, 6.07) is 8.33. The highest BCUT2D eigenvalue weighted by Gasteiger charge is 2.28. The van der Waals surface area contributed by atoms with Gasteiger partial charge in [-0.25, -0.2) is 4.98 Å². The van der Waals surface area contributed by atoms with Gasteiger partial charge < -0.3 is 10.3 Å². The van der Waals surface area contributed by atoms with Crippen molar-refractivity contribution in [3.63, 3.8) is 0 Å². The molecule has 2 N–H and O–H groups in total. The Morgan fingerprint density at radius 2 is 2.06 bits per heavy atom. The van der Waals surface area contributed by atoms with Crippen LogP contribution in [-0.2, 0) is 17.8 Å². The van der Waals surface area contributed by atoms with Crippen LogP contribution in [0.5, 0.6) is 0 Å². The summed E-state index contributed by atoms with van der Waals surface area (Å²) in [5.74, 6) is 1.93. The Bertz CT molecular complexity index is 1390. The molecule has 9 heteroatoms. The van der Waals surface area contributed by atoms with E-state index in [0.717, 1.165) is 53.1 Å². The van der Waals surface area contributed by atoms with Crippen LogP contribution >= 0.6 is 0 Å². The van der Waals surface area contributed by atoms with Gasteiger partial charge in [0.15, 0.2) is 5.82 Å². The number of carbonyl (C=O) groups excluding carboxylic acids is 1. The largest absolute Gasteiger partial charge is 0.342 e. The Hall–Kier alpha value is -4.14. The van der Waals surface area contributed by atoms with Crippen molar-refractivity contribution < 1.29 is 4.79 Å². The second kappa shape index (κ2) is 9.01. The number of fused-ring (bicyclic) bond motifs is 1. The third-order valence-electron chi connectivity index (χ3n) is 5.96. The molecule has 1 aliphatic heterocycles.